The molecule has 0 radical (unpaired) electrons. The van der Waals surface area contributed by atoms with Crippen molar-refractivity contribution >= 4 is 27.5 Å². The first-order valence-corrected chi connectivity index (χ1v) is 9.66. The Morgan fingerprint density at radius 1 is 1.04 bits per heavy atom. The summed E-state index contributed by atoms with van der Waals surface area (Å²) in [7, 11) is -4.08. The highest BCUT2D eigenvalue weighted by Crippen LogP contribution is 2.16. The second-order valence-electron chi connectivity index (χ2n) is 6.04. The van der Waals surface area contributed by atoms with Crippen LogP contribution in [0.1, 0.15) is 24.2 Å². The molecule has 0 atom stereocenters. The number of phenols is 1. The van der Waals surface area contributed by atoms with Gasteiger partial charge in [-0.3, -0.25) is 9.59 Å². The van der Waals surface area contributed by atoms with Crippen LogP contribution in [-0.2, 0) is 14.8 Å². The summed E-state index contributed by atoms with van der Waals surface area (Å²) in [6.45, 7) is 3.02. The van der Waals surface area contributed by atoms with Gasteiger partial charge in [0.15, 0.2) is 0 Å². The number of carbonyl (C=O) groups excluding carboxylic acids is 2. The maximum atomic E-state index is 12.5. The van der Waals surface area contributed by atoms with Crippen LogP contribution in [0.25, 0.3) is 0 Å². The average Bonchev–Trinajstić information content (AvgIpc) is 2.61. The molecule has 8 nitrogen and oxygen atoms in total. The van der Waals surface area contributed by atoms with E-state index in [9.17, 15) is 23.1 Å². The number of benzene rings is 2. The first-order chi connectivity index (χ1) is 12.7. The standard InChI is InChI=1S/C18H21N3O5S/c1-12(2)20-18(24)15-5-3-4-6-16(15)27(25,26)19-11-17(23)21-13-7-9-14(22)10-8-13/h3-10,12,19,22H,11H2,1-2H3,(H,20,24)(H,21,23). The molecule has 0 aliphatic rings. The van der Waals surface area contributed by atoms with Gasteiger partial charge in [-0.05, 0) is 50.2 Å². The molecule has 0 unspecified atom stereocenters. The molecule has 144 valence electrons. The molecule has 0 heterocycles. The molecule has 2 aromatic carbocycles. The Balaban J connectivity index is 2.09. The Kier molecular flexibility index (Phi) is 6.54. The van der Waals surface area contributed by atoms with E-state index in [4.69, 9.17) is 0 Å². The van der Waals surface area contributed by atoms with Gasteiger partial charge in [-0.2, -0.15) is 0 Å². The van der Waals surface area contributed by atoms with E-state index < -0.39 is 28.4 Å². The van der Waals surface area contributed by atoms with Crippen molar-refractivity contribution in [1.82, 2.24) is 10.0 Å². The van der Waals surface area contributed by atoms with Gasteiger partial charge >= 0.3 is 0 Å². The normalized spacial score (nSPS) is 11.2. The Morgan fingerprint density at radius 3 is 2.30 bits per heavy atom. The minimum atomic E-state index is -4.08. The monoisotopic (exact) mass is 391 g/mol. The summed E-state index contributed by atoms with van der Waals surface area (Å²) in [6, 6.07) is 11.4. The molecule has 2 amide bonds. The van der Waals surface area contributed by atoms with Crippen LogP contribution in [0.15, 0.2) is 53.4 Å². The second-order valence-corrected chi connectivity index (χ2v) is 7.78. The number of phenolic OH excluding ortho intramolecular Hbond substituents is 1. The van der Waals surface area contributed by atoms with Gasteiger partial charge in [0.2, 0.25) is 15.9 Å². The van der Waals surface area contributed by atoms with Crippen molar-refractivity contribution in [2.75, 3.05) is 11.9 Å². The van der Waals surface area contributed by atoms with Crippen molar-refractivity contribution in [3.05, 3.63) is 54.1 Å². The smallest absolute Gasteiger partial charge is 0.252 e. The number of hydrogen-bond acceptors (Lipinski definition) is 5. The maximum absolute atomic E-state index is 12.5. The van der Waals surface area contributed by atoms with E-state index in [2.05, 4.69) is 15.4 Å². The number of amides is 2. The molecule has 0 saturated carbocycles. The van der Waals surface area contributed by atoms with Crippen LogP contribution in [0.2, 0.25) is 0 Å². The minimum Gasteiger partial charge on any atom is -0.508 e. The van der Waals surface area contributed by atoms with Gasteiger partial charge in [0.05, 0.1) is 17.0 Å². The van der Waals surface area contributed by atoms with Crippen LogP contribution in [0.5, 0.6) is 5.75 Å². The summed E-state index contributed by atoms with van der Waals surface area (Å²) < 4.78 is 27.3. The third-order valence-electron chi connectivity index (χ3n) is 3.41. The van der Waals surface area contributed by atoms with Crippen LogP contribution in [-0.4, -0.2) is 37.9 Å². The van der Waals surface area contributed by atoms with Gasteiger partial charge in [0.25, 0.3) is 5.91 Å². The molecular formula is C18H21N3O5S. The molecule has 0 fully saturated rings. The van der Waals surface area contributed by atoms with Crippen molar-refractivity contribution < 1.29 is 23.1 Å². The van der Waals surface area contributed by atoms with E-state index in [0.717, 1.165) is 0 Å². The highest BCUT2D eigenvalue weighted by Gasteiger charge is 2.23. The van der Waals surface area contributed by atoms with E-state index in [1.807, 2.05) is 0 Å². The molecule has 27 heavy (non-hydrogen) atoms. The number of carbonyl (C=O) groups is 2. The maximum Gasteiger partial charge on any atom is 0.252 e. The van der Waals surface area contributed by atoms with Crippen molar-refractivity contribution in [1.29, 1.82) is 0 Å². The number of hydrogen-bond donors (Lipinski definition) is 4. The largest absolute Gasteiger partial charge is 0.508 e. The lowest BCUT2D eigenvalue weighted by atomic mass is 10.2. The lowest BCUT2D eigenvalue weighted by Gasteiger charge is -2.13. The molecule has 9 heteroatoms. The van der Waals surface area contributed by atoms with Gasteiger partial charge in [0, 0.05) is 11.7 Å². The fourth-order valence-electron chi connectivity index (χ4n) is 2.22. The summed E-state index contributed by atoms with van der Waals surface area (Å²) >= 11 is 0. The molecule has 0 saturated heterocycles. The summed E-state index contributed by atoms with van der Waals surface area (Å²) in [4.78, 5) is 24.0. The van der Waals surface area contributed by atoms with Crippen LogP contribution < -0.4 is 15.4 Å². The molecule has 0 aliphatic heterocycles. The number of sulfonamides is 1. The topological polar surface area (TPSA) is 125 Å². The predicted molar refractivity (Wildman–Crippen MR) is 101 cm³/mol. The van der Waals surface area contributed by atoms with Crippen LogP contribution in [0.3, 0.4) is 0 Å². The Bertz CT molecular complexity index is 924. The molecule has 2 rings (SSSR count). The number of anilines is 1. The van der Waals surface area contributed by atoms with E-state index in [-0.39, 0.29) is 22.3 Å². The van der Waals surface area contributed by atoms with E-state index in [0.29, 0.717) is 5.69 Å². The lowest BCUT2D eigenvalue weighted by Crippen LogP contribution is -2.35. The fraction of sp³-hybridized carbons (Fsp3) is 0.222. The lowest BCUT2D eigenvalue weighted by molar-refractivity contribution is -0.115. The molecule has 0 aromatic heterocycles. The van der Waals surface area contributed by atoms with Gasteiger partial charge in [-0.25, -0.2) is 13.1 Å². The molecule has 0 spiro atoms. The third kappa shape index (κ3) is 5.80. The molecule has 0 aliphatic carbocycles. The molecular weight excluding hydrogens is 370 g/mol. The Hall–Kier alpha value is -2.91. The fourth-order valence-corrected chi connectivity index (χ4v) is 3.40. The molecule has 0 bridgehead atoms. The van der Waals surface area contributed by atoms with Gasteiger partial charge < -0.3 is 15.7 Å². The Morgan fingerprint density at radius 2 is 1.67 bits per heavy atom. The highest BCUT2D eigenvalue weighted by molar-refractivity contribution is 7.89. The summed E-state index contributed by atoms with van der Waals surface area (Å²) in [5.74, 6) is -1.06. The van der Waals surface area contributed by atoms with Gasteiger partial charge in [0.1, 0.15) is 5.75 Å². The summed E-state index contributed by atoms with van der Waals surface area (Å²) in [5.41, 5.74) is 0.409. The van der Waals surface area contributed by atoms with E-state index >= 15 is 0 Å². The first kappa shape index (κ1) is 20.4. The minimum absolute atomic E-state index is 0.00218. The Labute approximate surface area is 157 Å². The zero-order valence-electron chi connectivity index (χ0n) is 14.9. The zero-order valence-corrected chi connectivity index (χ0v) is 15.7. The second kappa shape index (κ2) is 8.65. The third-order valence-corrected chi connectivity index (χ3v) is 4.87. The molecule has 2 aromatic rings. The highest BCUT2D eigenvalue weighted by atomic mass is 32.2. The van der Waals surface area contributed by atoms with Crippen molar-refractivity contribution in [3.8, 4) is 5.75 Å². The van der Waals surface area contributed by atoms with Crippen LogP contribution in [0.4, 0.5) is 5.69 Å². The van der Waals surface area contributed by atoms with Crippen molar-refractivity contribution in [3.63, 3.8) is 0 Å². The summed E-state index contributed by atoms with van der Waals surface area (Å²) in [5, 5.41) is 14.4. The SMILES string of the molecule is CC(C)NC(=O)c1ccccc1S(=O)(=O)NCC(=O)Nc1ccc(O)cc1. The van der Waals surface area contributed by atoms with E-state index in [1.54, 1.807) is 19.9 Å². The van der Waals surface area contributed by atoms with Crippen molar-refractivity contribution in [2.45, 2.75) is 24.8 Å². The summed E-state index contributed by atoms with van der Waals surface area (Å²) in [6.07, 6.45) is 0. The predicted octanol–water partition coefficient (Wildman–Crippen LogP) is 1.45. The molecule has 4 N–H and O–H groups in total. The average molecular weight is 391 g/mol. The quantitative estimate of drug-likeness (QED) is 0.532. The number of nitrogens with one attached hydrogen (secondary N) is 3. The van der Waals surface area contributed by atoms with Gasteiger partial charge in [-0.1, -0.05) is 12.1 Å². The van der Waals surface area contributed by atoms with Crippen LogP contribution in [0, 0.1) is 0 Å². The van der Waals surface area contributed by atoms with Gasteiger partial charge in [-0.15, -0.1) is 0 Å². The number of aromatic hydroxyl groups is 1. The zero-order chi connectivity index (χ0) is 20.0. The van der Waals surface area contributed by atoms with E-state index in [1.165, 1.54) is 42.5 Å². The number of rotatable bonds is 7. The van der Waals surface area contributed by atoms with Crippen LogP contribution >= 0.6 is 0 Å². The first-order valence-electron chi connectivity index (χ1n) is 8.17. The van der Waals surface area contributed by atoms with Crippen molar-refractivity contribution in [2.24, 2.45) is 0 Å².